The number of nitrogens with zero attached hydrogens (tertiary/aromatic N) is 5. The number of methoxy groups -OCH3 is 1. The van der Waals surface area contributed by atoms with Gasteiger partial charge in [-0.3, -0.25) is 9.69 Å². The predicted molar refractivity (Wildman–Crippen MR) is 126 cm³/mol. The first-order chi connectivity index (χ1) is 15.8. The highest BCUT2D eigenvalue weighted by Gasteiger charge is 2.32. The molecule has 172 valence electrons. The van der Waals surface area contributed by atoms with Crippen LogP contribution in [0.3, 0.4) is 0 Å². The van der Waals surface area contributed by atoms with Crippen LogP contribution in [0.1, 0.15) is 31.2 Å². The average Bonchev–Trinajstić information content (AvgIpc) is 2.82. The van der Waals surface area contributed by atoms with Crippen LogP contribution in [0.25, 0.3) is 11.0 Å². The average molecular weight is 450 g/mol. The molecule has 7 nitrogen and oxygen atoms in total. The van der Waals surface area contributed by atoms with E-state index in [2.05, 4.69) is 34.7 Å². The van der Waals surface area contributed by atoms with Crippen molar-refractivity contribution in [2.75, 3.05) is 31.6 Å². The number of piperazine rings is 1. The van der Waals surface area contributed by atoms with Crippen LogP contribution in [-0.2, 0) is 11.8 Å². The third-order valence-electron chi connectivity index (χ3n) is 6.53. The van der Waals surface area contributed by atoms with Crippen molar-refractivity contribution in [3.8, 4) is 6.07 Å². The monoisotopic (exact) mass is 449 g/mol. The number of nitriles is 1. The van der Waals surface area contributed by atoms with Gasteiger partial charge in [0.15, 0.2) is 0 Å². The predicted octanol–water partition coefficient (Wildman–Crippen LogP) is 3.23. The smallest absolute Gasteiger partial charge is 0.252 e. The lowest BCUT2D eigenvalue weighted by Crippen LogP contribution is -2.57. The molecule has 0 saturated carbocycles. The molecule has 33 heavy (non-hydrogen) atoms. The van der Waals surface area contributed by atoms with E-state index in [1.54, 1.807) is 49.1 Å². The minimum atomic E-state index is -0.265. The van der Waals surface area contributed by atoms with Crippen LogP contribution in [0.15, 0.2) is 47.3 Å². The van der Waals surface area contributed by atoms with Gasteiger partial charge in [0.2, 0.25) is 0 Å². The summed E-state index contributed by atoms with van der Waals surface area (Å²) in [6, 6.07) is 13.8. The maximum absolute atomic E-state index is 13.3. The van der Waals surface area contributed by atoms with E-state index in [0.29, 0.717) is 29.8 Å². The highest BCUT2D eigenvalue weighted by atomic mass is 19.1. The molecule has 0 N–H and O–H groups in total. The molecule has 2 aromatic heterocycles. The number of aryl methyl sites for hydroxylation is 1. The third kappa shape index (κ3) is 4.47. The fourth-order valence-corrected chi connectivity index (χ4v) is 4.59. The molecular weight excluding hydrogens is 421 g/mol. The second kappa shape index (κ2) is 9.30. The number of hydrogen-bond donors (Lipinski definition) is 0. The van der Waals surface area contributed by atoms with Crippen LogP contribution in [0.5, 0.6) is 0 Å². The van der Waals surface area contributed by atoms with E-state index in [1.807, 2.05) is 0 Å². The van der Waals surface area contributed by atoms with Gasteiger partial charge in [0.05, 0.1) is 17.3 Å². The molecule has 3 heterocycles. The molecule has 1 saturated heterocycles. The number of halogens is 1. The van der Waals surface area contributed by atoms with Crippen molar-refractivity contribution in [1.82, 2.24) is 14.5 Å². The quantitative estimate of drug-likeness (QED) is 0.596. The Kier molecular flexibility index (Phi) is 6.45. The van der Waals surface area contributed by atoms with Crippen molar-refractivity contribution in [2.24, 2.45) is 7.05 Å². The van der Waals surface area contributed by atoms with Crippen LogP contribution in [-0.4, -0.2) is 53.3 Å². The molecule has 0 bridgehead atoms. The lowest BCUT2D eigenvalue weighted by atomic mass is 10.0. The molecule has 0 aliphatic carbocycles. The van der Waals surface area contributed by atoms with Crippen molar-refractivity contribution in [1.29, 1.82) is 5.26 Å². The molecule has 8 heteroatoms. The number of fused-ring (bicyclic) bond motifs is 1. The van der Waals surface area contributed by atoms with Gasteiger partial charge in [-0.05, 0) is 43.7 Å². The number of anilines is 1. The summed E-state index contributed by atoms with van der Waals surface area (Å²) in [5.41, 5.74) is 3.27. The zero-order valence-electron chi connectivity index (χ0n) is 19.3. The topological polar surface area (TPSA) is 74.4 Å². The van der Waals surface area contributed by atoms with Crippen molar-refractivity contribution < 1.29 is 9.13 Å². The summed E-state index contributed by atoms with van der Waals surface area (Å²) in [5, 5.41) is 9.33. The first kappa shape index (κ1) is 22.9. The Balaban J connectivity index is 1.61. The van der Waals surface area contributed by atoms with Crippen LogP contribution in [0.4, 0.5) is 10.1 Å². The molecule has 3 aromatic rings. The van der Waals surface area contributed by atoms with E-state index < -0.39 is 0 Å². The minimum absolute atomic E-state index is 0.106. The Morgan fingerprint density at radius 3 is 2.58 bits per heavy atom. The summed E-state index contributed by atoms with van der Waals surface area (Å²) in [6.45, 7) is 6.40. The van der Waals surface area contributed by atoms with Gasteiger partial charge in [-0.25, -0.2) is 9.37 Å². The summed E-state index contributed by atoms with van der Waals surface area (Å²) >= 11 is 0. The van der Waals surface area contributed by atoms with E-state index >= 15 is 0 Å². The number of hydrogen-bond acceptors (Lipinski definition) is 6. The molecule has 0 spiro atoms. The first-order valence-corrected chi connectivity index (χ1v) is 11.0. The van der Waals surface area contributed by atoms with Crippen molar-refractivity contribution in [3.05, 3.63) is 69.9 Å². The number of rotatable bonds is 5. The Labute approximate surface area is 192 Å². The van der Waals surface area contributed by atoms with Gasteiger partial charge in [-0.15, -0.1) is 0 Å². The number of ether oxygens (including phenoxy) is 1. The fourth-order valence-electron chi connectivity index (χ4n) is 4.59. The summed E-state index contributed by atoms with van der Waals surface area (Å²) in [4.78, 5) is 21.8. The Bertz CT molecular complexity index is 1250. The largest absolute Gasteiger partial charge is 0.375 e. The molecule has 1 aliphatic heterocycles. The Morgan fingerprint density at radius 2 is 1.91 bits per heavy atom. The van der Waals surface area contributed by atoms with Gasteiger partial charge in [0.25, 0.3) is 5.56 Å². The highest BCUT2D eigenvalue weighted by molar-refractivity contribution is 5.89. The molecule has 0 radical (unpaired) electrons. The maximum atomic E-state index is 13.3. The van der Waals surface area contributed by atoms with Gasteiger partial charge < -0.3 is 14.2 Å². The van der Waals surface area contributed by atoms with Gasteiger partial charge in [0.1, 0.15) is 23.1 Å². The lowest BCUT2D eigenvalue weighted by Gasteiger charge is -2.46. The van der Waals surface area contributed by atoms with E-state index in [9.17, 15) is 14.4 Å². The molecule has 1 unspecified atom stereocenters. The maximum Gasteiger partial charge on any atom is 0.252 e. The van der Waals surface area contributed by atoms with Gasteiger partial charge in [-0.1, -0.05) is 12.1 Å². The fraction of sp³-hybridized carbons (Fsp3) is 0.400. The summed E-state index contributed by atoms with van der Waals surface area (Å²) in [5.74, 6) is -0.265. The van der Waals surface area contributed by atoms with E-state index in [0.717, 1.165) is 17.8 Å². The SMILES string of the molecule is COC(CN1C[C@H](C)N(c2cc(=O)n(C)c3ccc(C#N)nc23)C[C@@H]1C)c1ccc(F)cc1. The standard InChI is InChI=1S/C25H28FN5O2/c1-16-14-31(22-11-24(32)29(3)21-10-9-20(12-27)28-25(21)22)17(2)13-30(16)15-23(33-4)18-5-7-19(26)8-6-18/h5-11,16-17,23H,13-15H2,1-4H3/t16-,17-,23?/m0/s1. The number of aromatic nitrogens is 2. The third-order valence-corrected chi connectivity index (χ3v) is 6.53. The molecule has 1 fully saturated rings. The van der Waals surface area contributed by atoms with Gasteiger partial charge in [-0.2, -0.15) is 5.26 Å². The van der Waals surface area contributed by atoms with Crippen LogP contribution >= 0.6 is 0 Å². The van der Waals surface area contributed by atoms with Crippen molar-refractivity contribution in [2.45, 2.75) is 32.0 Å². The summed E-state index contributed by atoms with van der Waals surface area (Å²) in [7, 11) is 3.38. The van der Waals surface area contributed by atoms with Crippen LogP contribution in [0.2, 0.25) is 0 Å². The van der Waals surface area contributed by atoms with E-state index in [4.69, 9.17) is 4.74 Å². The first-order valence-electron chi connectivity index (χ1n) is 11.0. The molecule has 1 aliphatic rings. The normalized spacial score (nSPS) is 20.1. The Hall–Kier alpha value is -3.28. The molecular formula is C25H28FN5O2. The van der Waals surface area contributed by atoms with E-state index in [-0.39, 0.29) is 29.6 Å². The molecule has 0 amide bonds. The molecule has 1 aromatic carbocycles. The number of pyridine rings is 2. The van der Waals surface area contributed by atoms with Crippen LogP contribution in [0, 0.1) is 17.1 Å². The van der Waals surface area contributed by atoms with Crippen molar-refractivity contribution in [3.63, 3.8) is 0 Å². The molecule has 3 atom stereocenters. The molecule has 4 rings (SSSR count). The second-order valence-electron chi connectivity index (χ2n) is 8.68. The zero-order valence-corrected chi connectivity index (χ0v) is 19.3. The summed E-state index contributed by atoms with van der Waals surface area (Å²) < 4.78 is 20.6. The highest BCUT2D eigenvalue weighted by Crippen LogP contribution is 2.30. The van der Waals surface area contributed by atoms with Crippen LogP contribution < -0.4 is 10.5 Å². The lowest BCUT2D eigenvalue weighted by molar-refractivity contribution is 0.0412. The number of benzene rings is 1. The summed E-state index contributed by atoms with van der Waals surface area (Å²) in [6.07, 6.45) is -0.170. The van der Waals surface area contributed by atoms with Gasteiger partial charge >= 0.3 is 0 Å². The Morgan fingerprint density at radius 1 is 1.18 bits per heavy atom. The minimum Gasteiger partial charge on any atom is -0.375 e. The zero-order chi connectivity index (χ0) is 23.7. The van der Waals surface area contributed by atoms with Gasteiger partial charge in [0, 0.05) is 51.9 Å². The van der Waals surface area contributed by atoms with E-state index in [1.165, 1.54) is 12.1 Å². The second-order valence-corrected chi connectivity index (χ2v) is 8.68. The van der Waals surface area contributed by atoms with Crippen molar-refractivity contribution >= 4 is 16.7 Å².